The molecule has 6 rings (SSSR count). The van der Waals surface area contributed by atoms with E-state index in [4.69, 9.17) is 16.3 Å². The van der Waals surface area contributed by atoms with E-state index in [-0.39, 0.29) is 24.1 Å². The van der Waals surface area contributed by atoms with E-state index in [1.807, 2.05) is 48.7 Å². The van der Waals surface area contributed by atoms with E-state index < -0.39 is 10.8 Å². The molecule has 2 amide bonds. The first-order chi connectivity index (χ1) is 20.9. The van der Waals surface area contributed by atoms with Crippen LogP contribution in [0.5, 0.6) is 0 Å². The summed E-state index contributed by atoms with van der Waals surface area (Å²) in [5.74, 6) is -0.663. The van der Waals surface area contributed by atoms with Crippen LogP contribution >= 0.6 is 23.4 Å². The van der Waals surface area contributed by atoms with Crippen molar-refractivity contribution in [2.24, 2.45) is 0 Å². The number of H-pyrrole nitrogens is 1. The Labute approximate surface area is 259 Å². The largest absolute Gasteiger partial charge is 0.379 e. The van der Waals surface area contributed by atoms with Crippen molar-refractivity contribution in [3.63, 3.8) is 0 Å². The number of amides is 2. The highest BCUT2D eigenvalue weighted by atomic mass is 35.5. The van der Waals surface area contributed by atoms with Gasteiger partial charge in [0.15, 0.2) is 0 Å². The molecule has 224 valence electrons. The maximum Gasteiger partial charge on any atom is 0.239 e. The van der Waals surface area contributed by atoms with Crippen molar-refractivity contribution in [3.8, 4) is 0 Å². The molecule has 10 heteroatoms. The molecule has 0 saturated carbocycles. The number of benzene rings is 3. The number of hydrogen-bond donors (Lipinski definition) is 2. The number of carbonyl (C=O) groups is 2. The van der Waals surface area contributed by atoms with Gasteiger partial charge in [0.1, 0.15) is 10.6 Å². The summed E-state index contributed by atoms with van der Waals surface area (Å²) in [5.41, 5.74) is 2.30. The summed E-state index contributed by atoms with van der Waals surface area (Å²) in [5, 5.41) is 4.59. The molecule has 43 heavy (non-hydrogen) atoms. The Morgan fingerprint density at radius 1 is 1.09 bits per heavy atom. The lowest BCUT2D eigenvalue weighted by Gasteiger charge is -2.36. The van der Waals surface area contributed by atoms with Crippen LogP contribution < -0.4 is 5.32 Å². The Morgan fingerprint density at radius 3 is 2.63 bits per heavy atom. The quantitative estimate of drug-likeness (QED) is 0.219. The molecule has 2 N–H and O–H groups in total. The Hall–Kier alpha value is -3.37. The number of fused-ring (bicyclic) bond motifs is 1. The molecule has 3 aromatic carbocycles. The second-order valence-electron chi connectivity index (χ2n) is 11.0. The first-order valence-electron chi connectivity index (χ1n) is 14.6. The number of aromatic amines is 1. The monoisotopic (exact) mass is 620 g/mol. The molecular weight excluding hydrogens is 587 g/mol. The van der Waals surface area contributed by atoms with Gasteiger partial charge in [0.2, 0.25) is 11.8 Å². The Bertz CT molecular complexity index is 1580. The average Bonchev–Trinajstić information content (AvgIpc) is 3.54. The lowest BCUT2D eigenvalue weighted by molar-refractivity contribution is -0.129. The van der Waals surface area contributed by atoms with Gasteiger partial charge in [-0.3, -0.25) is 14.5 Å². The average molecular weight is 621 g/mol. The van der Waals surface area contributed by atoms with Gasteiger partial charge in [-0.1, -0.05) is 41.9 Å². The summed E-state index contributed by atoms with van der Waals surface area (Å²) in [6.07, 6.45) is 2.62. The number of nitrogens with zero attached hydrogens (tertiary/aromatic N) is 2. The van der Waals surface area contributed by atoms with Crippen molar-refractivity contribution >= 4 is 46.1 Å². The third-order valence-electron chi connectivity index (χ3n) is 8.19. The van der Waals surface area contributed by atoms with Crippen molar-refractivity contribution in [2.45, 2.75) is 35.1 Å². The van der Waals surface area contributed by atoms with E-state index in [1.54, 1.807) is 23.1 Å². The summed E-state index contributed by atoms with van der Waals surface area (Å²) in [7, 11) is 0. The number of carbonyl (C=O) groups excluding carboxylic acids is 2. The van der Waals surface area contributed by atoms with Gasteiger partial charge in [-0.05, 0) is 61.0 Å². The number of aromatic nitrogens is 1. The second-order valence-corrected chi connectivity index (χ2v) is 12.9. The molecule has 3 heterocycles. The summed E-state index contributed by atoms with van der Waals surface area (Å²) >= 11 is 7.57. The predicted molar refractivity (Wildman–Crippen MR) is 168 cm³/mol. The predicted octanol–water partition coefficient (Wildman–Crippen LogP) is 5.80. The van der Waals surface area contributed by atoms with Crippen LogP contribution in [0, 0.1) is 5.82 Å². The Kier molecular flexibility index (Phi) is 9.04. The number of likely N-dealkylation sites (tertiary alicyclic amines) is 1. The lowest BCUT2D eigenvalue weighted by atomic mass is 9.91. The van der Waals surface area contributed by atoms with Crippen molar-refractivity contribution in [1.82, 2.24) is 20.1 Å². The molecule has 2 atom stereocenters. The minimum atomic E-state index is -1.17. The van der Waals surface area contributed by atoms with Crippen LogP contribution in [-0.2, 0) is 20.9 Å². The standard InChI is InChI=1S/C33H34ClFN4O3S/c34-24-9-7-23(8-10-24)22-39-30(40)20-33(43-26-5-2-1-3-6-26,32(41)36-13-4-14-38-15-17-42-18-16-38)31(39)28-21-37-29-19-25(35)11-12-27(28)29/h1-3,5-12,19,21,31,37H,4,13-18,20,22H2,(H,36,41)/t31-,33-/m1/s1. The van der Waals surface area contributed by atoms with Crippen LogP contribution in [0.1, 0.15) is 30.0 Å². The molecule has 0 spiro atoms. The van der Waals surface area contributed by atoms with Crippen LogP contribution in [0.2, 0.25) is 5.02 Å². The molecule has 2 aliphatic heterocycles. The highest BCUT2D eigenvalue weighted by molar-refractivity contribution is 8.01. The number of morpholine rings is 1. The van der Waals surface area contributed by atoms with Crippen molar-refractivity contribution in [2.75, 3.05) is 39.4 Å². The Morgan fingerprint density at radius 2 is 1.86 bits per heavy atom. The molecule has 0 aliphatic carbocycles. The zero-order valence-corrected chi connectivity index (χ0v) is 25.3. The van der Waals surface area contributed by atoms with Gasteiger partial charge < -0.3 is 19.9 Å². The highest BCUT2D eigenvalue weighted by Crippen LogP contribution is 2.54. The van der Waals surface area contributed by atoms with Gasteiger partial charge in [0.05, 0.1) is 25.7 Å². The number of rotatable bonds is 10. The van der Waals surface area contributed by atoms with Gasteiger partial charge in [0.25, 0.3) is 0 Å². The molecule has 4 aromatic rings. The topological polar surface area (TPSA) is 77.7 Å². The fourth-order valence-corrected chi connectivity index (χ4v) is 7.64. The minimum absolute atomic E-state index is 0.0218. The summed E-state index contributed by atoms with van der Waals surface area (Å²) in [6, 6.07) is 21.1. The molecule has 7 nitrogen and oxygen atoms in total. The van der Waals surface area contributed by atoms with E-state index in [9.17, 15) is 14.0 Å². The van der Waals surface area contributed by atoms with E-state index >= 15 is 0 Å². The minimum Gasteiger partial charge on any atom is -0.379 e. The van der Waals surface area contributed by atoms with E-state index in [1.165, 1.54) is 23.9 Å². The Balaban J connectivity index is 1.38. The van der Waals surface area contributed by atoms with Gasteiger partial charge in [-0.15, -0.1) is 11.8 Å². The van der Waals surface area contributed by atoms with E-state index in [0.29, 0.717) is 23.6 Å². The number of thioether (sulfide) groups is 1. The van der Waals surface area contributed by atoms with Crippen LogP contribution in [0.15, 0.2) is 83.9 Å². The van der Waals surface area contributed by atoms with Crippen LogP contribution in [0.3, 0.4) is 0 Å². The SMILES string of the molecule is O=C1C[C@](Sc2ccccc2)(C(=O)NCCCN2CCOCC2)[C@@H](c2c[nH]c3cc(F)ccc23)N1Cc1ccc(Cl)cc1. The van der Waals surface area contributed by atoms with Crippen LogP contribution in [0.25, 0.3) is 10.9 Å². The van der Waals surface area contributed by atoms with Gasteiger partial charge in [-0.25, -0.2) is 4.39 Å². The van der Waals surface area contributed by atoms with Crippen LogP contribution in [-0.4, -0.2) is 70.7 Å². The smallest absolute Gasteiger partial charge is 0.239 e. The molecule has 2 saturated heterocycles. The molecule has 1 aromatic heterocycles. The molecule has 2 aliphatic rings. The fraction of sp³-hybridized carbons (Fsp3) is 0.333. The van der Waals surface area contributed by atoms with Gasteiger partial charge in [-0.2, -0.15) is 0 Å². The maximum atomic E-state index is 14.5. The van der Waals surface area contributed by atoms with Crippen molar-refractivity contribution in [3.05, 3.63) is 101 Å². The van der Waals surface area contributed by atoms with Crippen LogP contribution in [0.4, 0.5) is 4.39 Å². The zero-order chi connectivity index (χ0) is 29.8. The zero-order valence-electron chi connectivity index (χ0n) is 23.7. The number of hydrogen-bond acceptors (Lipinski definition) is 5. The first-order valence-corrected chi connectivity index (χ1v) is 15.8. The number of ether oxygens (including phenoxy) is 1. The molecule has 0 radical (unpaired) electrons. The third-order valence-corrected chi connectivity index (χ3v) is 9.87. The summed E-state index contributed by atoms with van der Waals surface area (Å²) in [6.45, 7) is 4.89. The van der Waals surface area contributed by atoms with Crippen molar-refractivity contribution in [1.29, 1.82) is 0 Å². The lowest BCUT2D eigenvalue weighted by Crippen LogP contribution is -2.48. The first kappa shape index (κ1) is 29.7. The van der Waals surface area contributed by atoms with Gasteiger partial charge >= 0.3 is 0 Å². The van der Waals surface area contributed by atoms with E-state index in [0.717, 1.165) is 60.7 Å². The molecule has 0 bridgehead atoms. The molecular formula is C33H34ClFN4O3S. The number of nitrogens with one attached hydrogen (secondary N) is 2. The summed E-state index contributed by atoms with van der Waals surface area (Å²) in [4.78, 5) is 36.7. The normalized spacial score (nSPS) is 21.0. The summed E-state index contributed by atoms with van der Waals surface area (Å²) < 4.78 is 18.5. The third kappa shape index (κ3) is 6.45. The van der Waals surface area contributed by atoms with E-state index in [2.05, 4.69) is 15.2 Å². The highest BCUT2D eigenvalue weighted by Gasteiger charge is 2.58. The maximum absolute atomic E-state index is 14.5. The fourth-order valence-electron chi connectivity index (χ4n) is 6.07. The van der Waals surface area contributed by atoms with Crippen molar-refractivity contribution < 1.29 is 18.7 Å². The molecule has 0 unspecified atom stereocenters. The number of halogens is 2. The second kappa shape index (κ2) is 13.1. The molecule has 2 fully saturated rings. The van der Waals surface area contributed by atoms with Gasteiger partial charge in [0, 0.05) is 58.8 Å².